The number of aromatic amines is 6. The number of nitrogens with zero attached hydrogens (tertiary/aromatic N) is 8. The molecule has 0 saturated heterocycles. The van der Waals surface area contributed by atoms with Gasteiger partial charge in [0.25, 0.3) is 0 Å². The Balaban J connectivity index is 0.584. The van der Waals surface area contributed by atoms with Crippen LogP contribution in [-0.4, -0.2) is 69.8 Å². The summed E-state index contributed by atoms with van der Waals surface area (Å²) in [4.78, 5) is 61.7. The van der Waals surface area contributed by atoms with Crippen LogP contribution in [0.25, 0.3) is 176 Å². The molecule has 20 aromatic rings. The first-order chi connectivity index (χ1) is 48.0. The van der Waals surface area contributed by atoms with Crippen LogP contribution in [0.4, 0.5) is 0 Å². The van der Waals surface area contributed by atoms with Gasteiger partial charge in [0.2, 0.25) is 0 Å². The van der Waals surface area contributed by atoms with E-state index in [0.29, 0.717) is 19.3 Å². The Morgan fingerprint density at radius 3 is 0.670 bits per heavy atom. The first-order valence-electron chi connectivity index (χ1n) is 32.5. The van der Waals surface area contributed by atoms with Crippen molar-refractivity contribution < 1.29 is 0 Å². The van der Waals surface area contributed by atoms with E-state index >= 15 is 0 Å². The molecule has 0 aliphatic carbocycles. The number of pyridine rings is 8. The summed E-state index contributed by atoms with van der Waals surface area (Å²) in [5, 5.41) is 15.1. The third kappa shape index (κ3) is 9.02. The zero-order valence-corrected chi connectivity index (χ0v) is 51.9. The van der Waals surface area contributed by atoms with Gasteiger partial charge in [-0.1, -0.05) is 109 Å². The number of fused-ring (bicyclic) bond motifs is 10. The molecule has 97 heavy (non-hydrogen) atoms. The molecule has 0 aliphatic rings. The summed E-state index contributed by atoms with van der Waals surface area (Å²) >= 11 is 0. The van der Waals surface area contributed by atoms with Crippen LogP contribution in [0.2, 0.25) is 0 Å². The van der Waals surface area contributed by atoms with Gasteiger partial charge >= 0.3 is 0 Å². The van der Waals surface area contributed by atoms with E-state index in [1.54, 1.807) is 0 Å². The Bertz CT molecular complexity index is 6190. The molecular formula is C83H54N14. The normalized spacial score (nSPS) is 12.0. The van der Waals surface area contributed by atoms with Gasteiger partial charge in [-0.15, -0.1) is 0 Å². The molecule has 0 unspecified atom stereocenters. The molecule has 14 heterocycles. The molecule has 0 amide bonds. The van der Waals surface area contributed by atoms with E-state index in [9.17, 15) is 0 Å². The molecule has 0 aliphatic heterocycles. The molecule has 0 saturated carbocycles. The standard InChI is InChI=1S/C83H54N14/c1-7-46-35-54(92-72(46)66(13-1)78-60-21-27-84-44-52(60)19-29-86-78)41-56-37-48-9-3-15-68(74(48)94-56)80-62-23-33-90-82(64(62)25-31-88-80)70-17-5-11-50-39-58(96-76(50)70)43-59-40-51-12-6-18-71(77(51)97-59)83-65-26-32-89-81(63(65)24-34-91-83)69-16-4-10-49-38-57(95-75(49)69)42-55-36-47-8-2-14-67(73(47)93-55)79-61-22-28-85-45-53(61)20-30-87-79/h1-40,44-45,92-97H,41-43H2. The number of nitrogens with one attached hydrogen (secondary N) is 6. The Hall–Kier alpha value is -13.2. The molecule has 0 atom stereocenters. The van der Waals surface area contributed by atoms with Crippen LogP contribution in [-0.2, 0) is 19.3 Å². The van der Waals surface area contributed by atoms with E-state index in [1.807, 2.05) is 86.2 Å². The quantitative estimate of drug-likeness (QED) is 0.0694. The second-order valence-corrected chi connectivity index (χ2v) is 25.3. The molecule has 0 fully saturated rings. The number of H-pyrrole nitrogens is 6. The fourth-order valence-corrected chi connectivity index (χ4v) is 15.2. The lowest BCUT2D eigenvalue weighted by Gasteiger charge is -2.11. The second kappa shape index (κ2) is 21.7. The van der Waals surface area contributed by atoms with Gasteiger partial charge in [0.05, 0.1) is 67.3 Å². The number of hydrogen-bond acceptors (Lipinski definition) is 8. The lowest BCUT2D eigenvalue weighted by molar-refractivity contribution is 1.07. The highest BCUT2D eigenvalue weighted by Gasteiger charge is 2.22. The highest BCUT2D eigenvalue weighted by Crippen LogP contribution is 2.42. The summed E-state index contributed by atoms with van der Waals surface area (Å²) < 4.78 is 0. The van der Waals surface area contributed by atoms with Gasteiger partial charge in [0.1, 0.15) is 0 Å². The summed E-state index contributed by atoms with van der Waals surface area (Å²) in [7, 11) is 0. The maximum absolute atomic E-state index is 5.10. The average Bonchev–Trinajstić information content (AvgIpc) is 1.76. The van der Waals surface area contributed by atoms with Gasteiger partial charge in [-0.05, 0) is 84.9 Å². The van der Waals surface area contributed by atoms with Gasteiger partial charge in [0, 0.05) is 224 Å². The zero-order chi connectivity index (χ0) is 63.7. The SMILES string of the molecule is c1cc(-c2nccc3cnccc23)c2[nH]c(Cc3cc4cccc(-c5nccc6c(-c7cccc8cc(Cc9cc%10cccc(-c%11nccc%12c(-c%13cccc%14cc(Cc%15cc%16cccc(-c%17nccc%18cnccc%17%18)c%16[nH]%15)[nH]c%13%14)nccc%11%12)c%10[nH]9)[nH]c78)nccc56)c4[nH]3)cc2c1. The van der Waals surface area contributed by atoms with E-state index in [2.05, 4.69) is 210 Å². The molecule has 0 radical (unpaired) electrons. The first-order valence-corrected chi connectivity index (χ1v) is 32.5. The van der Waals surface area contributed by atoms with E-state index in [4.69, 9.17) is 29.9 Å². The lowest BCUT2D eigenvalue weighted by Crippen LogP contribution is -1.93. The van der Waals surface area contributed by atoms with Crippen molar-refractivity contribution in [3.8, 4) is 67.5 Å². The third-order valence-electron chi connectivity index (χ3n) is 19.5. The number of rotatable bonds is 12. The molecule has 6 aromatic carbocycles. The fourth-order valence-electron chi connectivity index (χ4n) is 15.2. The van der Waals surface area contributed by atoms with Crippen molar-refractivity contribution in [2.24, 2.45) is 0 Å². The number of aromatic nitrogens is 14. The molecule has 456 valence electrons. The predicted molar refractivity (Wildman–Crippen MR) is 390 cm³/mol. The van der Waals surface area contributed by atoms with Gasteiger partial charge < -0.3 is 29.9 Å². The molecule has 0 spiro atoms. The minimum Gasteiger partial charge on any atom is -0.358 e. The van der Waals surface area contributed by atoms with Gasteiger partial charge in [-0.2, -0.15) is 0 Å². The maximum Gasteiger partial charge on any atom is 0.0802 e. The largest absolute Gasteiger partial charge is 0.358 e. The lowest BCUT2D eigenvalue weighted by atomic mass is 9.98. The van der Waals surface area contributed by atoms with Crippen molar-refractivity contribution >= 4 is 109 Å². The molecule has 20 rings (SSSR count). The van der Waals surface area contributed by atoms with Crippen molar-refractivity contribution in [3.63, 3.8) is 0 Å². The van der Waals surface area contributed by atoms with Gasteiger partial charge in [-0.25, -0.2) is 0 Å². The van der Waals surface area contributed by atoms with Gasteiger partial charge in [-0.3, -0.25) is 39.9 Å². The summed E-state index contributed by atoms with van der Waals surface area (Å²) in [6.07, 6.45) is 20.8. The fraction of sp³-hybridized carbons (Fsp3) is 0.0361. The molecule has 14 aromatic heterocycles. The monoisotopic (exact) mass is 1250 g/mol. The van der Waals surface area contributed by atoms with Crippen molar-refractivity contribution in [3.05, 3.63) is 290 Å². The summed E-state index contributed by atoms with van der Waals surface area (Å²) in [6, 6.07) is 68.6. The van der Waals surface area contributed by atoms with Crippen molar-refractivity contribution in [1.29, 1.82) is 0 Å². The molecule has 6 N–H and O–H groups in total. The van der Waals surface area contributed by atoms with Crippen LogP contribution < -0.4 is 0 Å². The van der Waals surface area contributed by atoms with Crippen LogP contribution in [0.3, 0.4) is 0 Å². The summed E-state index contributed by atoms with van der Waals surface area (Å²) in [5.41, 5.74) is 24.6. The predicted octanol–water partition coefficient (Wildman–Crippen LogP) is 19.1. The highest BCUT2D eigenvalue weighted by atomic mass is 14.8. The molecule has 14 heteroatoms. The summed E-state index contributed by atoms with van der Waals surface area (Å²) in [5.74, 6) is 0. The van der Waals surface area contributed by atoms with Crippen LogP contribution >= 0.6 is 0 Å². The molecule has 14 nitrogen and oxygen atoms in total. The van der Waals surface area contributed by atoms with E-state index in [1.165, 1.54) is 0 Å². The molecular weight excluding hydrogens is 1190 g/mol. The first kappa shape index (κ1) is 54.4. The minimum atomic E-state index is 0.657. The van der Waals surface area contributed by atoms with E-state index in [0.717, 1.165) is 210 Å². The van der Waals surface area contributed by atoms with E-state index in [-0.39, 0.29) is 0 Å². The highest BCUT2D eigenvalue weighted by molar-refractivity contribution is 6.12. The Kier molecular flexibility index (Phi) is 12.2. The Labute approximate surface area is 552 Å². The van der Waals surface area contributed by atoms with Crippen LogP contribution in [0.15, 0.2) is 256 Å². The Morgan fingerprint density at radius 2 is 0.423 bits per heavy atom. The topological polar surface area (TPSA) is 198 Å². The smallest absolute Gasteiger partial charge is 0.0802 e. The van der Waals surface area contributed by atoms with Crippen molar-refractivity contribution in [2.75, 3.05) is 0 Å². The van der Waals surface area contributed by atoms with Crippen molar-refractivity contribution in [1.82, 2.24) is 69.8 Å². The van der Waals surface area contributed by atoms with Crippen LogP contribution in [0.5, 0.6) is 0 Å². The Morgan fingerprint density at radius 1 is 0.206 bits per heavy atom. The number of benzene rings is 6. The minimum absolute atomic E-state index is 0.657. The molecule has 0 bridgehead atoms. The average molecular weight is 1250 g/mol. The third-order valence-corrected chi connectivity index (χ3v) is 19.5. The van der Waals surface area contributed by atoms with Crippen LogP contribution in [0.1, 0.15) is 34.2 Å². The second-order valence-electron chi connectivity index (χ2n) is 25.3. The van der Waals surface area contributed by atoms with Crippen molar-refractivity contribution in [2.45, 2.75) is 19.3 Å². The number of para-hydroxylation sites is 6. The zero-order valence-electron chi connectivity index (χ0n) is 51.9. The number of hydrogen-bond donors (Lipinski definition) is 6. The summed E-state index contributed by atoms with van der Waals surface area (Å²) in [6.45, 7) is 0. The van der Waals surface area contributed by atoms with Crippen LogP contribution in [0, 0.1) is 0 Å². The van der Waals surface area contributed by atoms with E-state index < -0.39 is 0 Å². The van der Waals surface area contributed by atoms with Gasteiger partial charge in [0.15, 0.2) is 0 Å². The maximum atomic E-state index is 5.10.